The Kier molecular flexibility index (Phi) is 3.04. The van der Waals surface area contributed by atoms with Crippen molar-refractivity contribution in [2.75, 3.05) is 12.8 Å². The van der Waals surface area contributed by atoms with E-state index in [1.807, 2.05) is 29.1 Å². The van der Waals surface area contributed by atoms with Crippen molar-refractivity contribution in [3.05, 3.63) is 36.2 Å². The number of rotatable bonds is 3. The summed E-state index contributed by atoms with van der Waals surface area (Å²) in [7, 11) is 1.63. The fourth-order valence-corrected chi connectivity index (χ4v) is 1.65. The monoisotopic (exact) mass is 231 g/mol. The number of nitrogen functional groups attached to an aromatic ring is 1. The highest BCUT2D eigenvalue weighted by Crippen LogP contribution is 2.22. The molecule has 0 saturated heterocycles. The molecule has 0 fully saturated rings. The van der Waals surface area contributed by atoms with Crippen molar-refractivity contribution in [3.8, 4) is 11.4 Å². The maximum Gasteiger partial charge on any atom is 0.123 e. The van der Waals surface area contributed by atoms with Crippen LogP contribution in [-0.2, 0) is 0 Å². The van der Waals surface area contributed by atoms with Gasteiger partial charge >= 0.3 is 0 Å². The number of ether oxygens (including phenoxy) is 1. The van der Waals surface area contributed by atoms with Gasteiger partial charge in [0.05, 0.1) is 18.5 Å². The molecule has 0 aliphatic rings. The smallest absolute Gasteiger partial charge is 0.123 e. The number of methoxy groups -OCH3 is 1. The number of anilines is 1. The molecule has 4 heteroatoms. The summed E-state index contributed by atoms with van der Waals surface area (Å²) in [6, 6.07) is 7.59. The molecule has 0 unspecified atom stereocenters. The molecule has 90 valence electrons. The van der Waals surface area contributed by atoms with Crippen LogP contribution in [0.15, 0.2) is 30.5 Å². The second kappa shape index (κ2) is 4.49. The molecule has 0 amide bonds. The largest absolute Gasteiger partial charge is 0.497 e. The van der Waals surface area contributed by atoms with E-state index < -0.39 is 0 Å². The molecule has 0 aliphatic heterocycles. The van der Waals surface area contributed by atoms with Crippen LogP contribution < -0.4 is 10.5 Å². The molecule has 1 aromatic carbocycles. The van der Waals surface area contributed by atoms with E-state index in [0.29, 0.717) is 11.6 Å². The van der Waals surface area contributed by atoms with Crippen LogP contribution in [0.4, 0.5) is 5.69 Å². The summed E-state index contributed by atoms with van der Waals surface area (Å²) in [5.74, 6) is 1.15. The minimum absolute atomic E-state index is 0.416. The number of aromatic nitrogens is 2. The van der Waals surface area contributed by atoms with E-state index in [1.165, 1.54) is 0 Å². The van der Waals surface area contributed by atoms with Crippen LogP contribution in [0, 0.1) is 0 Å². The summed E-state index contributed by atoms with van der Waals surface area (Å²) in [5, 5.41) is 4.50. The minimum Gasteiger partial charge on any atom is -0.497 e. The molecule has 0 atom stereocenters. The quantitative estimate of drug-likeness (QED) is 0.826. The predicted molar refractivity (Wildman–Crippen MR) is 68.6 cm³/mol. The average molecular weight is 231 g/mol. The van der Waals surface area contributed by atoms with Crippen molar-refractivity contribution in [2.24, 2.45) is 0 Å². The maximum absolute atomic E-state index is 5.82. The lowest BCUT2D eigenvalue weighted by molar-refractivity contribution is 0.414. The van der Waals surface area contributed by atoms with E-state index >= 15 is 0 Å². The van der Waals surface area contributed by atoms with Gasteiger partial charge in [0.2, 0.25) is 0 Å². The van der Waals surface area contributed by atoms with E-state index in [9.17, 15) is 0 Å². The van der Waals surface area contributed by atoms with Crippen molar-refractivity contribution >= 4 is 5.69 Å². The van der Waals surface area contributed by atoms with Crippen LogP contribution in [0.25, 0.3) is 5.69 Å². The molecule has 0 radical (unpaired) electrons. The normalized spacial score (nSPS) is 10.8. The van der Waals surface area contributed by atoms with Crippen LogP contribution in [0.5, 0.6) is 5.75 Å². The summed E-state index contributed by atoms with van der Waals surface area (Å²) < 4.78 is 7.00. The molecule has 1 aromatic heterocycles. The van der Waals surface area contributed by atoms with Crippen molar-refractivity contribution in [1.29, 1.82) is 0 Å². The third kappa shape index (κ3) is 2.41. The van der Waals surface area contributed by atoms with E-state index in [0.717, 1.165) is 17.1 Å². The summed E-state index contributed by atoms with van der Waals surface area (Å²) in [6.07, 6.45) is 1.93. The lowest BCUT2D eigenvalue weighted by atomic mass is 10.1. The van der Waals surface area contributed by atoms with Crippen molar-refractivity contribution in [2.45, 2.75) is 19.8 Å². The molecule has 0 spiro atoms. The van der Waals surface area contributed by atoms with Gasteiger partial charge in [-0.05, 0) is 18.1 Å². The lowest BCUT2D eigenvalue weighted by Gasteiger charge is -2.07. The Labute approximate surface area is 101 Å². The van der Waals surface area contributed by atoms with Gasteiger partial charge in [0, 0.05) is 24.0 Å². The first-order chi connectivity index (χ1) is 8.10. The van der Waals surface area contributed by atoms with Gasteiger partial charge in [-0.3, -0.25) is 0 Å². The Balaban J connectivity index is 2.41. The van der Waals surface area contributed by atoms with Gasteiger partial charge in [-0.25, -0.2) is 4.68 Å². The molecule has 2 rings (SSSR count). The average Bonchev–Trinajstić information content (AvgIpc) is 2.77. The van der Waals surface area contributed by atoms with E-state index in [-0.39, 0.29) is 0 Å². The number of hydrogen-bond acceptors (Lipinski definition) is 3. The van der Waals surface area contributed by atoms with Gasteiger partial charge in [0.15, 0.2) is 0 Å². The van der Waals surface area contributed by atoms with Gasteiger partial charge in [-0.1, -0.05) is 13.8 Å². The summed E-state index contributed by atoms with van der Waals surface area (Å²) in [5.41, 5.74) is 8.46. The zero-order valence-electron chi connectivity index (χ0n) is 10.3. The molecule has 0 aliphatic carbocycles. The highest BCUT2D eigenvalue weighted by atomic mass is 16.5. The van der Waals surface area contributed by atoms with Crippen LogP contribution in [0.1, 0.15) is 25.5 Å². The Bertz CT molecular complexity index is 517. The van der Waals surface area contributed by atoms with Crippen LogP contribution >= 0.6 is 0 Å². The van der Waals surface area contributed by atoms with E-state index in [2.05, 4.69) is 18.9 Å². The third-order valence-corrected chi connectivity index (χ3v) is 2.62. The first-order valence-corrected chi connectivity index (χ1v) is 5.60. The van der Waals surface area contributed by atoms with Crippen LogP contribution in [0.2, 0.25) is 0 Å². The maximum atomic E-state index is 5.82. The van der Waals surface area contributed by atoms with Crippen LogP contribution in [-0.4, -0.2) is 16.9 Å². The zero-order chi connectivity index (χ0) is 12.4. The molecule has 0 bridgehead atoms. The number of nitrogens with zero attached hydrogens (tertiary/aromatic N) is 2. The first-order valence-electron chi connectivity index (χ1n) is 5.60. The molecular weight excluding hydrogens is 214 g/mol. The predicted octanol–water partition coefficient (Wildman–Crippen LogP) is 2.59. The van der Waals surface area contributed by atoms with Gasteiger partial charge in [0.25, 0.3) is 0 Å². The topological polar surface area (TPSA) is 53.1 Å². The van der Waals surface area contributed by atoms with Gasteiger partial charge in [-0.15, -0.1) is 0 Å². The van der Waals surface area contributed by atoms with Gasteiger partial charge in [0.1, 0.15) is 5.75 Å². The van der Waals surface area contributed by atoms with Gasteiger partial charge in [-0.2, -0.15) is 5.10 Å². The molecule has 2 N–H and O–H groups in total. The van der Waals surface area contributed by atoms with Crippen molar-refractivity contribution in [1.82, 2.24) is 9.78 Å². The highest BCUT2D eigenvalue weighted by molar-refractivity contribution is 5.53. The summed E-state index contributed by atoms with van der Waals surface area (Å²) in [6.45, 7) is 4.24. The third-order valence-electron chi connectivity index (χ3n) is 2.62. The Hall–Kier alpha value is -1.97. The molecule has 1 heterocycles. The highest BCUT2D eigenvalue weighted by Gasteiger charge is 2.06. The number of nitrogens with two attached hydrogens (primary N) is 1. The fraction of sp³-hybridized carbons (Fsp3) is 0.308. The second-order valence-corrected chi connectivity index (χ2v) is 4.30. The second-order valence-electron chi connectivity index (χ2n) is 4.30. The van der Waals surface area contributed by atoms with Crippen molar-refractivity contribution < 1.29 is 4.74 Å². The molecule has 4 nitrogen and oxygen atoms in total. The zero-order valence-corrected chi connectivity index (χ0v) is 10.3. The molecule has 0 saturated carbocycles. The summed E-state index contributed by atoms with van der Waals surface area (Å²) >= 11 is 0. The van der Waals surface area contributed by atoms with E-state index in [1.54, 1.807) is 13.2 Å². The first kappa shape index (κ1) is 11.5. The molecule has 17 heavy (non-hydrogen) atoms. The van der Waals surface area contributed by atoms with Crippen molar-refractivity contribution in [3.63, 3.8) is 0 Å². The number of benzene rings is 1. The minimum atomic E-state index is 0.416. The Morgan fingerprint density at radius 1 is 1.29 bits per heavy atom. The molecule has 2 aromatic rings. The fourth-order valence-electron chi connectivity index (χ4n) is 1.65. The molecular formula is C13H17N3O. The lowest BCUT2D eigenvalue weighted by Crippen LogP contribution is -1.99. The Morgan fingerprint density at radius 3 is 2.65 bits per heavy atom. The number of hydrogen-bond donors (Lipinski definition) is 1. The SMILES string of the molecule is COc1cc(N)cc(-n2ccc(C(C)C)n2)c1. The van der Waals surface area contributed by atoms with Gasteiger partial charge < -0.3 is 10.5 Å². The summed E-state index contributed by atoms with van der Waals surface area (Å²) in [4.78, 5) is 0. The standard InChI is InChI=1S/C13H17N3O/c1-9(2)13-4-5-16(15-13)11-6-10(14)7-12(8-11)17-3/h4-9H,14H2,1-3H3. The Morgan fingerprint density at radius 2 is 2.06 bits per heavy atom. The van der Waals surface area contributed by atoms with E-state index in [4.69, 9.17) is 10.5 Å². The van der Waals surface area contributed by atoms with Crippen LogP contribution in [0.3, 0.4) is 0 Å².